The molecule has 1 aromatic heterocycles. The van der Waals surface area contributed by atoms with E-state index < -0.39 is 10.0 Å². The van der Waals surface area contributed by atoms with Crippen molar-refractivity contribution in [2.24, 2.45) is 0 Å². The minimum atomic E-state index is -3.81. The molecule has 2 aromatic carbocycles. The Kier molecular flexibility index (Phi) is 7.88. The summed E-state index contributed by atoms with van der Waals surface area (Å²) in [5.74, 6) is 0.639. The van der Waals surface area contributed by atoms with Gasteiger partial charge in [0, 0.05) is 32.2 Å². The highest BCUT2D eigenvalue weighted by molar-refractivity contribution is 7.89. The summed E-state index contributed by atoms with van der Waals surface area (Å²) in [6.07, 6.45) is 1.33. The molecule has 10 heteroatoms. The van der Waals surface area contributed by atoms with Gasteiger partial charge in [-0.2, -0.15) is 4.31 Å². The van der Waals surface area contributed by atoms with E-state index in [1.807, 2.05) is 30.9 Å². The Hall–Kier alpha value is -2.36. The zero-order valence-electron chi connectivity index (χ0n) is 19.5. The molecule has 0 bridgehead atoms. The van der Waals surface area contributed by atoms with E-state index in [4.69, 9.17) is 32.4 Å². The van der Waals surface area contributed by atoms with Crippen LogP contribution in [-0.4, -0.2) is 43.8 Å². The molecule has 2 heterocycles. The number of halogens is 2. The number of hydrogen-bond donors (Lipinski definition) is 0. The molecule has 4 rings (SSSR count). The van der Waals surface area contributed by atoms with Crippen molar-refractivity contribution in [1.82, 2.24) is 9.21 Å². The van der Waals surface area contributed by atoms with E-state index in [-0.39, 0.29) is 45.8 Å². The fourth-order valence-corrected chi connectivity index (χ4v) is 6.66. The number of ether oxygens (including phenoxy) is 1. The van der Waals surface area contributed by atoms with Crippen molar-refractivity contribution in [3.8, 4) is 5.75 Å². The standard InChI is InChI=1S/C25H26Cl2N2O5S/c1-17-10-18(2)12-19(11-17)15-34-24-16-33-20(13-23(24)30)14-28-6-8-29(9-7-28)35(31,32)25-21(26)4-3-5-22(25)27/h3-5,10-13,16H,6-9,14-15H2,1-2H3. The van der Waals surface area contributed by atoms with Crippen molar-refractivity contribution in [3.05, 3.63) is 91.4 Å². The zero-order chi connectivity index (χ0) is 25.2. The second kappa shape index (κ2) is 10.7. The van der Waals surface area contributed by atoms with E-state index in [2.05, 4.69) is 6.07 Å². The summed E-state index contributed by atoms with van der Waals surface area (Å²) in [7, 11) is -3.81. The van der Waals surface area contributed by atoms with Crippen molar-refractivity contribution in [2.75, 3.05) is 26.2 Å². The molecule has 0 spiro atoms. The second-order valence-corrected chi connectivity index (χ2v) is 11.3. The minimum absolute atomic E-state index is 0.0702. The molecule has 186 valence electrons. The van der Waals surface area contributed by atoms with Gasteiger partial charge in [-0.1, -0.05) is 58.6 Å². The molecule has 3 aromatic rings. The predicted molar refractivity (Wildman–Crippen MR) is 136 cm³/mol. The Labute approximate surface area is 214 Å². The summed E-state index contributed by atoms with van der Waals surface area (Å²) in [4.78, 5) is 14.5. The van der Waals surface area contributed by atoms with Gasteiger partial charge >= 0.3 is 0 Å². The van der Waals surface area contributed by atoms with Crippen LogP contribution in [0.4, 0.5) is 0 Å². The maximum Gasteiger partial charge on any atom is 0.246 e. The van der Waals surface area contributed by atoms with E-state index >= 15 is 0 Å². The van der Waals surface area contributed by atoms with E-state index in [0.29, 0.717) is 25.4 Å². The molecule has 0 radical (unpaired) electrons. The van der Waals surface area contributed by atoms with Gasteiger partial charge in [0.2, 0.25) is 21.2 Å². The first kappa shape index (κ1) is 25.7. The Morgan fingerprint density at radius 2 is 1.60 bits per heavy atom. The normalized spacial score (nSPS) is 15.3. The third-order valence-corrected chi connectivity index (χ3v) is 8.61. The summed E-state index contributed by atoms with van der Waals surface area (Å²) in [5, 5.41) is 0.197. The van der Waals surface area contributed by atoms with Crippen LogP contribution in [0.3, 0.4) is 0 Å². The van der Waals surface area contributed by atoms with Crippen LogP contribution in [0, 0.1) is 13.8 Å². The van der Waals surface area contributed by atoms with E-state index in [0.717, 1.165) is 16.7 Å². The van der Waals surface area contributed by atoms with Gasteiger partial charge in [0.05, 0.1) is 16.6 Å². The van der Waals surface area contributed by atoms with Crippen molar-refractivity contribution < 1.29 is 17.6 Å². The Morgan fingerprint density at radius 3 is 2.20 bits per heavy atom. The highest BCUT2D eigenvalue weighted by Gasteiger charge is 2.32. The van der Waals surface area contributed by atoms with Crippen LogP contribution >= 0.6 is 23.2 Å². The van der Waals surface area contributed by atoms with Crippen LogP contribution in [0.1, 0.15) is 22.5 Å². The maximum absolute atomic E-state index is 13.0. The SMILES string of the molecule is Cc1cc(C)cc(COc2coc(CN3CCN(S(=O)(=O)c4c(Cl)cccc4Cl)CC3)cc2=O)c1. The van der Waals surface area contributed by atoms with Crippen LogP contribution in [0.15, 0.2) is 62.8 Å². The molecule has 0 amide bonds. The van der Waals surface area contributed by atoms with Gasteiger partial charge in [-0.15, -0.1) is 0 Å². The lowest BCUT2D eigenvalue weighted by Gasteiger charge is -2.33. The molecule has 0 N–H and O–H groups in total. The molecule has 35 heavy (non-hydrogen) atoms. The number of sulfonamides is 1. The van der Waals surface area contributed by atoms with E-state index in [1.165, 1.54) is 28.8 Å². The predicted octanol–water partition coefficient (Wildman–Crippen LogP) is 4.65. The fourth-order valence-electron chi connectivity index (χ4n) is 4.15. The van der Waals surface area contributed by atoms with Gasteiger partial charge < -0.3 is 9.15 Å². The first-order chi connectivity index (χ1) is 16.6. The van der Waals surface area contributed by atoms with Crippen molar-refractivity contribution >= 4 is 33.2 Å². The minimum Gasteiger partial charge on any atom is -0.482 e. The smallest absolute Gasteiger partial charge is 0.246 e. The fraction of sp³-hybridized carbons (Fsp3) is 0.320. The number of hydrogen-bond acceptors (Lipinski definition) is 6. The van der Waals surface area contributed by atoms with Gasteiger partial charge in [0.15, 0.2) is 0 Å². The topological polar surface area (TPSA) is 80.1 Å². The lowest BCUT2D eigenvalue weighted by molar-refractivity contribution is 0.169. The van der Waals surface area contributed by atoms with E-state index in [9.17, 15) is 13.2 Å². The lowest BCUT2D eigenvalue weighted by Crippen LogP contribution is -2.48. The number of rotatable bonds is 7. The monoisotopic (exact) mass is 536 g/mol. The van der Waals surface area contributed by atoms with Gasteiger partial charge in [0.1, 0.15) is 23.5 Å². The number of nitrogens with zero attached hydrogens (tertiary/aromatic N) is 2. The lowest BCUT2D eigenvalue weighted by atomic mass is 10.1. The van der Waals surface area contributed by atoms with Crippen LogP contribution in [0.25, 0.3) is 0 Å². The molecule has 0 unspecified atom stereocenters. The molecule has 7 nitrogen and oxygen atoms in total. The number of benzene rings is 2. The third-order valence-electron chi connectivity index (χ3n) is 5.76. The molecule has 1 fully saturated rings. The molecule has 1 aliphatic rings. The summed E-state index contributed by atoms with van der Waals surface area (Å²) < 4.78 is 38.8. The second-order valence-electron chi connectivity index (χ2n) is 8.59. The molecule has 0 saturated carbocycles. The molecular weight excluding hydrogens is 511 g/mol. The first-order valence-corrected chi connectivity index (χ1v) is 13.3. The van der Waals surface area contributed by atoms with Crippen LogP contribution in [0.5, 0.6) is 5.75 Å². The van der Waals surface area contributed by atoms with Gasteiger partial charge in [0.25, 0.3) is 0 Å². The Balaban J connectivity index is 1.35. The average molecular weight is 537 g/mol. The zero-order valence-corrected chi connectivity index (χ0v) is 21.8. The van der Waals surface area contributed by atoms with Crippen LogP contribution in [-0.2, 0) is 23.2 Å². The van der Waals surface area contributed by atoms with E-state index in [1.54, 1.807) is 6.07 Å². The van der Waals surface area contributed by atoms with Gasteiger partial charge in [-0.05, 0) is 31.5 Å². The third kappa shape index (κ3) is 6.08. The molecule has 1 saturated heterocycles. The summed E-state index contributed by atoms with van der Waals surface area (Å²) in [6, 6.07) is 12.2. The number of piperazine rings is 1. The van der Waals surface area contributed by atoms with Crippen molar-refractivity contribution in [3.63, 3.8) is 0 Å². The maximum atomic E-state index is 13.0. The quantitative estimate of drug-likeness (QED) is 0.437. The van der Waals surface area contributed by atoms with Crippen LogP contribution in [0.2, 0.25) is 10.0 Å². The summed E-state index contributed by atoms with van der Waals surface area (Å²) in [5.41, 5.74) is 2.99. The molecular formula is C25H26Cl2N2O5S. The average Bonchev–Trinajstić information content (AvgIpc) is 2.78. The van der Waals surface area contributed by atoms with Gasteiger partial charge in [-0.25, -0.2) is 8.42 Å². The van der Waals surface area contributed by atoms with Crippen LogP contribution < -0.4 is 10.2 Å². The first-order valence-electron chi connectivity index (χ1n) is 11.1. The van der Waals surface area contributed by atoms with Gasteiger partial charge in [-0.3, -0.25) is 9.69 Å². The molecule has 0 atom stereocenters. The molecule has 0 aliphatic carbocycles. The largest absolute Gasteiger partial charge is 0.482 e. The Bertz CT molecular complexity index is 1340. The highest BCUT2D eigenvalue weighted by atomic mass is 35.5. The Morgan fingerprint density at radius 1 is 0.971 bits per heavy atom. The number of aryl methyl sites for hydroxylation is 2. The summed E-state index contributed by atoms with van der Waals surface area (Å²) in [6.45, 7) is 6.16. The van der Waals surface area contributed by atoms with Crippen molar-refractivity contribution in [1.29, 1.82) is 0 Å². The summed E-state index contributed by atoms with van der Waals surface area (Å²) >= 11 is 12.2. The molecule has 1 aliphatic heterocycles. The highest BCUT2D eigenvalue weighted by Crippen LogP contribution is 2.32. The van der Waals surface area contributed by atoms with Crippen molar-refractivity contribution in [2.45, 2.75) is 31.9 Å².